The van der Waals surface area contributed by atoms with Crippen molar-refractivity contribution < 1.29 is 19.1 Å². The minimum Gasteiger partial charge on any atom is -0.450 e. The number of nitrogens with one attached hydrogen (secondary N) is 1. The van der Waals surface area contributed by atoms with Gasteiger partial charge < -0.3 is 15.0 Å². The molecule has 2 amide bonds. The SMILES string of the molecule is CCOC(=O)N1CCC2=C(CC(NC(=O)Cc3cccc4ccccc34)=C2C(C)=O)C1. The first kappa shape index (κ1) is 20.8. The third-order valence-corrected chi connectivity index (χ3v) is 5.83. The number of hydrogen-bond acceptors (Lipinski definition) is 4. The lowest BCUT2D eigenvalue weighted by Gasteiger charge is -2.28. The third kappa shape index (κ3) is 4.24. The van der Waals surface area contributed by atoms with Gasteiger partial charge in [-0.3, -0.25) is 9.59 Å². The Labute approximate surface area is 181 Å². The number of hydrogen-bond donors (Lipinski definition) is 1. The Morgan fingerprint density at radius 1 is 1.10 bits per heavy atom. The zero-order valence-electron chi connectivity index (χ0n) is 17.9. The fourth-order valence-electron chi connectivity index (χ4n) is 4.51. The summed E-state index contributed by atoms with van der Waals surface area (Å²) in [6, 6.07) is 13.9. The second kappa shape index (κ2) is 8.76. The van der Waals surface area contributed by atoms with E-state index in [0.29, 0.717) is 43.8 Å². The molecule has 0 saturated carbocycles. The van der Waals surface area contributed by atoms with E-state index in [0.717, 1.165) is 27.5 Å². The lowest BCUT2D eigenvalue weighted by molar-refractivity contribution is -0.119. The van der Waals surface area contributed by atoms with Crippen LogP contribution in [0.25, 0.3) is 10.8 Å². The van der Waals surface area contributed by atoms with Gasteiger partial charge in [0.25, 0.3) is 0 Å². The Morgan fingerprint density at radius 3 is 2.65 bits per heavy atom. The molecule has 31 heavy (non-hydrogen) atoms. The molecule has 1 aliphatic heterocycles. The maximum atomic E-state index is 12.9. The molecule has 6 nitrogen and oxygen atoms in total. The van der Waals surface area contributed by atoms with Crippen LogP contribution in [0.2, 0.25) is 0 Å². The van der Waals surface area contributed by atoms with Gasteiger partial charge in [-0.05, 0) is 47.8 Å². The number of ketones is 1. The smallest absolute Gasteiger partial charge is 0.410 e. The number of carbonyl (C=O) groups is 3. The van der Waals surface area contributed by atoms with E-state index in [1.165, 1.54) is 6.92 Å². The highest BCUT2D eigenvalue weighted by atomic mass is 16.6. The molecule has 1 aliphatic carbocycles. The molecule has 1 heterocycles. The number of benzene rings is 2. The fraction of sp³-hybridized carbons (Fsp3) is 0.320. The second-order valence-corrected chi connectivity index (χ2v) is 7.90. The zero-order valence-corrected chi connectivity index (χ0v) is 17.9. The van der Waals surface area contributed by atoms with Crippen molar-refractivity contribution in [2.45, 2.75) is 33.1 Å². The number of allylic oxidation sites excluding steroid dienone is 2. The normalized spacial score (nSPS) is 15.9. The van der Waals surface area contributed by atoms with Crippen LogP contribution in [0.1, 0.15) is 32.3 Å². The van der Waals surface area contributed by atoms with Crippen LogP contribution in [-0.4, -0.2) is 42.4 Å². The summed E-state index contributed by atoms with van der Waals surface area (Å²) in [6.07, 6.45) is 0.954. The molecule has 2 aliphatic rings. The standard InChI is InChI=1S/C25H26N2O4/c1-3-31-25(30)27-12-11-21-19(15-27)13-22(24(21)16(2)28)26-23(29)14-18-9-6-8-17-7-4-5-10-20(17)18/h4-10H,3,11-15H2,1-2H3,(H,26,29). The Kier molecular flexibility index (Phi) is 5.89. The monoisotopic (exact) mass is 418 g/mol. The number of Topliss-reactive ketones (excluding diaryl/α,β-unsaturated/α-hetero) is 1. The van der Waals surface area contributed by atoms with E-state index < -0.39 is 0 Å². The summed E-state index contributed by atoms with van der Waals surface area (Å²) in [5.41, 5.74) is 4.17. The Morgan fingerprint density at radius 2 is 1.87 bits per heavy atom. The highest BCUT2D eigenvalue weighted by Gasteiger charge is 2.33. The molecule has 0 atom stereocenters. The Bertz CT molecular complexity index is 1120. The second-order valence-electron chi connectivity index (χ2n) is 7.90. The quantitative estimate of drug-likeness (QED) is 0.799. The van der Waals surface area contributed by atoms with Crippen LogP contribution >= 0.6 is 0 Å². The van der Waals surface area contributed by atoms with E-state index in [9.17, 15) is 14.4 Å². The largest absolute Gasteiger partial charge is 0.450 e. The first-order chi connectivity index (χ1) is 15.0. The average molecular weight is 418 g/mol. The summed E-state index contributed by atoms with van der Waals surface area (Å²) < 4.78 is 5.11. The van der Waals surface area contributed by atoms with Crippen molar-refractivity contribution in [2.75, 3.05) is 19.7 Å². The van der Waals surface area contributed by atoms with Crippen LogP contribution in [-0.2, 0) is 20.7 Å². The van der Waals surface area contributed by atoms with Crippen molar-refractivity contribution in [2.24, 2.45) is 0 Å². The van der Waals surface area contributed by atoms with Crippen LogP contribution in [0.5, 0.6) is 0 Å². The minimum absolute atomic E-state index is 0.0601. The number of amides is 2. The molecule has 0 fully saturated rings. The molecule has 0 radical (unpaired) electrons. The highest BCUT2D eigenvalue weighted by Crippen LogP contribution is 2.37. The van der Waals surface area contributed by atoms with Crippen LogP contribution in [0.15, 0.2) is 64.9 Å². The minimum atomic E-state index is -0.341. The summed E-state index contributed by atoms with van der Waals surface area (Å²) in [6.45, 7) is 4.56. The van der Waals surface area contributed by atoms with Gasteiger partial charge in [0.15, 0.2) is 5.78 Å². The number of rotatable bonds is 5. The zero-order chi connectivity index (χ0) is 22.0. The molecule has 6 heteroatoms. The van der Waals surface area contributed by atoms with Crippen molar-refractivity contribution in [3.63, 3.8) is 0 Å². The number of fused-ring (bicyclic) bond motifs is 1. The van der Waals surface area contributed by atoms with Crippen molar-refractivity contribution in [1.82, 2.24) is 10.2 Å². The van der Waals surface area contributed by atoms with E-state index in [1.54, 1.807) is 11.8 Å². The third-order valence-electron chi connectivity index (χ3n) is 5.83. The van der Waals surface area contributed by atoms with E-state index >= 15 is 0 Å². The molecule has 2 aromatic rings. The molecular formula is C25H26N2O4. The van der Waals surface area contributed by atoms with Gasteiger partial charge in [-0.25, -0.2) is 4.79 Å². The maximum Gasteiger partial charge on any atom is 0.410 e. The molecule has 1 N–H and O–H groups in total. The van der Waals surface area contributed by atoms with Crippen molar-refractivity contribution in [3.05, 3.63) is 70.4 Å². The van der Waals surface area contributed by atoms with Crippen molar-refractivity contribution >= 4 is 28.6 Å². The molecule has 0 saturated heterocycles. The average Bonchev–Trinajstić information content (AvgIpc) is 3.11. The molecule has 2 aromatic carbocycles. The summed E-state index contributed by atoms with van der Waals surface area (Å²) in [7, 11) is 0. The predicted molar refractivity (Wildman–Crippen MR) is 118 cm³/mol. The lowest BCUT2D eigenvalue weighted by Crippen LogP contribution is -2.37. The Balaban J connectivity index is 1.50. The van der Waals surface area contributed by atoms with Crippen LogP contribution < -0.4 is 5.32 Å². The molecule has 0 unspecified atom stereocenters. The van der Waals surface area contributed by atoms with Gasteiger partial charge in [0.2, 0.25) is 5.91 Å². The first-order valence-electron chi connectivity index (χ1n) is 10.6. The summed E-state index contributed by atoms with van der Waals surface area (Å²) in [4.78, 5) is 39.0. The van der Waals surface area contributed by atoms with Gasteiger partial charge in [-0.2, -0.15) is 0 Å². The topological polar surface area (TPSA) is 75.7 Å². The number of nitrogens with zero attached hydrogens (tertiary/aromatic N) is 1. The van der Waals surface area contributed by atoms with Gasteiger partial charge in [-0.1, -0.05) is 42.5 Å². The Hall–Kier alpha value is -3.41. The summed E-state index contributed by atoms with van der Waals surface area (Å²) in [5, 5.41) is 5.13. The van der Waals surface area contributed by atoms with Gasteiger partial charge in [0.1, 0.15) is 0 Å². The van der Waals surface area contributed by atoms with Gasteiger partial charge >= 0.3 is 6.09 Å². The van der Waals surface area contributed by atoms with E-state index in [-0.39, 0.29) is 24.2 Å². The first-order valence-corrected chi connectivity index (χ1v) is 10.6. The van der Waals surface area contributed by atoms with Crippen LogP contribution in [0, 0.1) is 0 Å². The number of ether oxygens (including phenoxy) is 1. The molecule has 4 rings (SSSR count). The highest BCUT2D eigenvalue weighted by molar-refractivity contribution is 6.01. The van der Waals surface area contributed by atoms with Gasteiger partial charge in [0.05, 0.1) is 13.0 Å². The molecule has 160 valence electrons. The van der Waals surface area contributed by atoms with Crippen LogP contribution in [0.3, 0.4) is 0 Å². The van der Waals surface area contributed by atoms with Crippen LogP contribution in [0.4, 0.5) is 4.79 Å². The summed E-state index contributed by atoms with van der Waals surface area (Å²) in [5.74, 6) is -0.206. The summed E-state index contributed by atoms with van der Waals surface area (Å²) >= 11 is 0. The van der Waals surface area contributed by atoms with Crippen molar-refractivity contribution in [3.8, 4) is 0 Å². The van der Waals surface area contributed by atoms with Crippen molar-refractivity contribution in [1.29, 1.82) is 0 Å². The van der Waals surface area contributed by atoms with E-state index in [4.69, 9.17) is 4.74 Å². The number of carbonyl (C=O) groups excluding carboxylic acids is 3. The maximum absolute atomic E-state index is 12.9. The van der Waals surface area contributed by atoms with Gasteiger partial charge in [-0.15, -0.1) is 0 Å². The molecule has 0 bridgehead atoms. The van der Waals surface area contributed by atoms with E-state index in [2.05, 4.69) is 5.32 Å². The predicted octanol–water partition coefficient (Wildman–Crippen LogP) is 3.90. The molecular weight excluding hydrogens is 392 g/mol. The lowest BCUT2D eigenvalue weighted by atomic mass is 9.96. The molecule has 0 aromatic heterocycles. The fourth-order valence-corrected chi connectivity index (χ4v) is 4.51. The van der Waals surface area contributed by atoms with Gasteiger partial charge in [0, 0.05) is 30.8 Å². The van der Waals surface area contributed by atoms with E-state index in [1.807, 2.05) is 42.5 Å². The molecule has 0 spiro atoms.